The first kappa shape index (κ1) is 13.1. The molecular formula is C17H24O2. The summed E-state index contributed by atoms with van der Waals surface area (Å²) in [5, 5.41) is 22.1. The SMILES string of the molecule is CC1(C)[C@@H]2CC[C@@]1(C)[C@@H](O)[C@](O)(c1ccccc1)C2. The van der Waals surface area contributed by atoms with E-state index in [9.17, 15) is 10.2 Å². The Balaban J connectivity index is 2.08. The lowest BCUT2D eigenvalue weighted by Crippen LogP contribution is -2.59. The van der Waals surface area contributed by atoms with Crippen LogP contribution >= 0.6 is 0 Å². The summed E-state index contributed by atoms with van der Waals surface area (Å²) < 4.78 is 0. The van der Waals surface area contributed by atoms with Crippen LogP contribution in [0.15, 0.2) is 30.3 Å². The molecule has 0 heterocycles. The van der Waals surface area contributed by atoms with E-state index in [2.05, 4.69) is 20.8 Å². The van der Waals surface area contributed by atoms with Crippen LogP contribution in [0.1, 0.15) is 45.6 Å². The van der Waals surface area contributed by atoms with Crippen LogP contribution in [-0.2, 0) is 5.60 Å². The van der Waals surface area contributed by atoms with Crippen molar-refractivity contribution in [2.75, 3.05) is 0 Å². The number of aliphatic hydroxyl groups excluding tert-OH is 1. The van der Waals surface area contributed by atoms with Crippen LogP contribution in [0, 0.1) is 16.7 Å². The highest BCUT2D eigenvalue weighted by atomic mass is 16.3. The number of fused-ring (bicyclic) bond motifs is 2. The van der Waals surface area contributed by atoms with Gasteiger partial charge in [0.25, 0.3) is 0 Å². The van der Waals surface area contributed by atoms with Gasteiger partial charge < -0.3 is 10.2 Å². The molecule has 4 atom stereocenters. The summed E-state index contributed by atoms with van der Waals surface area (Å²) in [7, 11) is 0. The molecule has 0 aliphatic heterocycles. The molecule has 1 aromatic carbocycles. The van der Waals surface area contributed by atoms with Gasteiger partial charge in [-0.25, -0.2) is 0 Å². The van der Waals surface area contributed by atoms with Crippen molar-refractivity contribution >= 4 is 0 Å². The van der Waals surface area contributed by atoms with Gasteiger partial charge in [0.15, 0.2) is 0 Å². The molecule has 2 aliphatic rings. The highest BCUT2D eigenvalue weighted by molar-refractivity contribution is 5.29. The van der Waals surface area contributed by atoms with Crippen LogP contribution in [0.5, 0.6) is 0 Å². The van der Waals surface area contributed by atoms with E-state index in [0.29, 0.717) is 12.3 Å². The fourth-order valence-corrected chi connectivity index (χ4v) is 4.49. The van der Waals surface area contributed by atoms with E-state index in [0.717, 1.165) is 18.4 Å². The van der Waals surface area contributed by atoms with Gasteiger partial charge in [-0.15, -0.1) is 0 Å². The van der Waals surface area contributed by atoms with E-state index in [-0.39, 0.29) is 10.8 Å². The van der Waals surface area contributed by atoms with E-state index in [1.807, 2.05) is 30.3 Å². The molecule has 2 saturated carbocycles. The molecule has 0 saturated heterocycles. The molecule has 0 unspecified atom stereocenters. The van der Waals surface area contributed by atoms with E-state index >= 15 is 0 Å². The Kier molecular flexibility index (Phi) is 2.65. The first-order valence-electron chi connectivity index (χ1n) is 7.28. The van der Waals surface area contributed by atoms with Gasteiger partial charge in [-0.3, -0.25) is 0 Å². The van der Waals surface area contributed by atoms with Crippen molar-refractivity contribution in [2.45, 2.75) is 51.7 Å². The van der Waals surface area contributed by atoms with Gasteiger partial charge in [0.05, 0.1) is 6.10 Å². The fraction of sp³-hybridized carbons (Fsp3) is 0.647. The van der Waals surface area contributed by atoms with E-state index in [1.54, 1.807) is 0 Å². The standard InChI is InChI=1S/C17H24O2/c1-15(2)13-9-10-16(15,3)14(18)17(19,11-13)12-7-5-4-6-8-12/h4-8,13-14,18-19H,9-11H2,1-3H3/t13-,14-,16+,17-/m1/s1. The van der Waals surface area contributed by atoms with Gasteiger partial charge in [0.2, 0.25) is 0 Å². The first-order chi connectivity index (χ1) is 8.82. The molecular weight excluding hydrogens is 236 g/mol. The van der Waals surface area contributed by atoms with E-state index in [1.165, 1.54) is 0 Å². The van der Waals surface area contributed by atoms with Crippen molar-refractivity contribution in [3.63, 3.8) is 0 Å². The highest BCUT2D eigenvalue weighted by Crippen LogP contribution is 2.66. The summed E-state index contributed by atoms with van der Waals surface area (Å²) in [5.74, 6) is 0.478. The van der Waals surface area contributed by atoms with Gasteiger partial charge in [-0.05, 0) is 36.2 Å². The van der Waals surface area contributed by atoms with Crippen molar-refractivity contribution in [1.82, 2.24) is 0 Å². The average Bonchev–Trinajstić information content (AvgIpc) is 2.55. The van der Waals surface area contributed by atoms with Crippen molar-refractivity contribution in [1.29, 1.82) is 0 Å². The molecule has 1 aromatic rings. The molecule has 2 nitrogen and oxygen atoms in total. The van der Waals surface area contributed by atoms with Crippen LogP contribution in [-0.4, -0.2) is 16.3 Å². The van der Waals surface area contributed by atoms with E-state index in [4.69, 9.17) is 0 Å². The number of hydrogen-bond donors (Lipinski definition) is 2. The second-order valence-corrected chi connectivity index (χ2v) is 7.27. The minimum Gasteiger partial charge on any atom is -0.389 e. The summed E-state index contributed by atoms with van der Waals surface area (Å²) in [5.41, 5.74) is -0.350. The molecule has 2 bridgehead atoms. The van der Waals surface area contributed by atoms with Crippen LogP contribution in [0.4, 0.5) is 0 Å². The zero-order valence-electron chi connectivity index (χ0n) is 12.1. The third kappa shape index (κ3) is 1.50. The summed E-state index contributed by atoms with van der Waals surface area (Å²) >= 11 is 0. The maximum absolute atomic E-state index is 11.1. The molecule has 0 radical (unpaired) electrons. The number of hydrogen-bond acceptors (Lipinski definition) is 2. The van der Waals surface area contributed by atoms with Crippen LogP contribution in [0.25, 0.3) is 0 Å². The average molecular weight is 260 g/mol. The number of rotatable bonds is 1. The first-order valence-corrected chi connectivity index (χ1v) is 7.28. The monoisotopic (exact) mass is 260 g/mol. The normalized spacial score (nSPS) is 44.3. The quantitative estimate of drug-likeness (QED) is 0.814. The Morgan fingerprint density at radius 1 is 1.11 bits per heavy atom. The zero-order chi connectivity index (χ0) is 13.9. The summed E-state index contributed by atoms with van der Waals surface area (Å²) in [6, 6.07) is 9.69. The maximum Gasteiger partial charge on any atom is 0.116 e. The second-order valence-electron chi connectivity index (χ2n) is 7.27. The van der Waals surface area contributed by atoms with Crippen molar-refractivity contribution < 1.29 is 10.2 Å². The smallest absolute Gasteiger partial charge is 0.116 e. The van der Waals surface area contributed by atoms with Crippen molar-refractivity contribution in [3.05, 3.63) is 35.9 Å². The Morgan fingerprint density at radius 3 is 2.37 bits per heavy atom. The van der Waals surface area contributed by atoms with Crippen LogP contribution < -0.4 is 0 Å². The summed E-state index contributed by atoms with van der Waals surface area (Å²) in [4.78, 5) is 0. The van der Waals surface area contributed by atoms with E-state index < -0.39 is 11.7 Å². The molecule has 2 heteroatoms. The summed E-state index contributed by atoms with van der Waals surface area (Å²) in [6.07, 6.45) is 2.08. The van der Waals surface area contributed by atoms with Gasteiger partial charge in [-0.1, -0.05) is 51.1 Å². The van der Waals surface area contributed by atoms with Gasteiger partial charge in [0.1, 0.15) is 5.60 Å². The van der Waals surface area contributed by atoms with Gasteiger partial charge in [-0.2, -0.15) is 0 Å². The highest BCUT2D eigenvalue weighted by Gasteiger charge is 2.65. The lowest BCUT2D eigenvalue weighted by atomic mass is 9.52. The Hall–Kier alpha value is -0.860. The third-order valence-corrected chi connectivity index (χ3v) is 6.39. The second kappa shape index (κ2) is 3.83. The lowest BCUT2D eigenvalue weighted by molar-refractivity contribution is -0.205. The predicted molar refractivity (Wildman–Crippen MR) is 75.6 cm³/mol. The van der Waals surface area contributed by atoms with Crippen LogP contribution in [0.3, 0.4) is 0 Å². The molecule has 104 valence electrons. The fourth-order valence-electron chi connectivity index (χ4n) is 4.49. The molecule has 0 aromatic heterocycles. The summed E-state index contributed by atoms with van der Waals surface area (Å²) in [6.45, 7) is 6.64. The minimum absolute atomic E-state index is 0.0907. The molecule has 2 fully saturated rings. The Morgan fingerprint density at radius 2 is 1.74 bits per heavy atom. The molecule has 3 rings (SSSR count). The minimum atomic E-state index is -1.09. The third-order valence-electron chi connectivity index (χ3n) is 6.39. The van der Waals surface area contributed by atoms with Crippen molar-refractivity contribution in [3.8, 4) is 0 Å². The predicted octanol–water partition coefficient (Wildman–Crippen LogP) is 3.08. The number of aliphatic hydroxyl groups is 2. The van der Waals surface area contributed by atoms with Gasteiger partial charge in [0, 0.05) is 5.41 Å². The topological polar surface area (TPSA) is 40.5 Å². The number of benzene rings is 1. The van der Waals surface area contributed by atoms with Crippen molar-refractivity contribution in [2.24, 2.45) is 16.7 Å². The largest absolute Gasteiger partial charge is 0.389 e. The lowest BCUT2D eigenvalue weighted by Gasteiger charge is -2.56. The molecule has 2 N–H and O–H groups in total. The van der Waals surface area contributed by atoms with Gasteiger partial charge >= 0.3 is 0 Å². The van der Waals surface area contributed by atoms with Crippen LogP contribution in [0.2, 0.25) is 0 Å². The Bertz CT molecular complexity index is 481. The molecule has 19 heavy (non-hydrogen) atoms. The molecule has 0 amide bonds. The maximum atomic E-state index is 11.1. The Labute approximate surface area is 115 Å². The molecule has 2 aliphatic carbocycles. The molecule has 0 spiro atoms. The zero-order valence-corrected chi connectivity index (χ0v) is 12.1.